The largest absolute Gasteiger partial charge is 0.349 e. The molecule has 2 atom stereocenters. The molecule has 40 heavy (non-hydrogen) atoms. The lowest BCUT2D eigenvalue weighted by atomic mass is 9.83. The van der Waals surface area contributed by atoms with Crippen LogP contribution in [0.25, 0.3) is 16.6 Å². The fourth-order valence-electron chi connectivity index (χ4n) is 6.85. The number of amides is 1. The number of benzene rings is 3. The van der Waals surface area contributed by atoms with Crippen molar-refractivity contribution >= 4 is 22.5 Å². The van der Waals surface area contributed by atoms with Crippen LogP contribution in [0.5, 0.6) is 0 Å². The summed E-state index contributed by atoms with van der Waals surface area (Å²) in [5, 5.41) is 4.66. The molecule has 1 aliphatic carbocycles. The van der Waals surface area contributed by atoms with E-state index in [4.69, 9.17) is 4.98 Å². The summed E-state index contributed by atoms with van der Waals surface area (Å²) in [6, 6.07) is 30.0. The highest BCUT2D eigenvalue weighted by atomic mass is 16.2. The molecule has 0 saturated heterocycles. The predicted molar refractivity (Wildman–Crippen MR) is 164 cm³/mol. The molecule has 3 aromatic carbocycles. The molecule has 0 bridgehead atoms. The second-order valence-electron chi connectivity index (χ2n) is 11.5. The minimum absolute atomic E-state index is 0.0349. The number of nitrogens with zero attached hydrogens (tertiary/aromatic N) is 2. The molecule has 204 valence electrons. The van der Waals surface area contributed by atoms with Crippen LogP contribution in [0, 0.1) is 19.8 Å². The van der Waals surface area contributed by atoms with E-state index in [0.717, 1.165) is 42.6 Å². The van der Waals surface area contributed by atoms with Gasteiger partial charge in [0.05, 0.1) is 17.5 Å². The van der Waals surface area contributed by atoms with Gasteiger partial charge in [-0.3, -0.25) is 9.20 Å². The average Bonchev–Trinajstić information content (AvgIpc) is 3.60. The second kappa shape index (κ2) is 11.3. The second-order valence-corrected chi connectivity index (χ2v) is 11.5. The zero-order valence-electron chi connectivity index (χ0n) is 23.9. The monoisotopic (exact) mass is 529 g/mol. The maximum atomic E-state index is 13.8. The minimum Gasteiger partial charge on any atom is -0.349 e. The standard InChI is InChI=1S/C36H39N3O/c1-4-32(27-12-6-5-7-13-27)38-36(40)34(28-14-8-9-15-28)29-20-18-26(19-21-29)23-31-30-16-10-11-17-33(30)39-25(3)22-24(2)37-35(31)39/h5-7,10-13,16-22,28,32,34H,4,8-9,14-15,23H2,1-3H3,(H,38,40)/t32-,34-/m0/s1. The van der Waals surface area contributed by atoms with Gasteiger partial charge in [-0.15, -0.1) is 0 Å². The molecule has 0 radical (unpaired) electrons. The quantitative estimate of drug-likeness (QED) is 0.220. The van der Waals surface area contributed by atoms with E-state index in [1.807, 2.05) is 18.2 Å². The number of nitrogens with one attached hydrogen (secondary N) is 1. The molecule has 5 aromatic rings. The summed E-state index contributed by atoms with van der Waals surface area (Å²) in [4.78, 5) is 18.8. The van der Waals surface area contributed by atoms with Crippen molar-refractivity contribution in [3.8, 4) is 0 Å². The molecule has 4 nitrogen and oxygen atoms in total. The number of rotatable bonds is 8. The fraction of sp³-hybridized carbons (Fsp3) is 0.333. The first-order chi connectivity index (χ1) is 19.5. The Morgan fingerprint density at radius 3 is 2.35 bits per heavy atom. The van der Waals surface area contributed by atoms with Crippen molar-refractivity contribution in [1.29, 1.82) is 0 Å². The lowest BCUT2D eigenvalue weighted by Gasteiger charge is -2.26. The lowest BCUT2D eigenvalue weighted by Crippen LogP contribution is -2.35. The Kier molecular flexibility index (Phi) is 7.42. The number of hydrogen-bond acceptors (Lipinski definition) is 2. The molecule has 1 aliphatic rings. The van der Waals surface area contributed by atoms with Crippen LogP contribution in [0.15, 0.2) is 84.9 Å². The van der Waals surface area contributed by atoms with Crippen LogP contribution in [0.4, 0.5) is 0 Å². The molecule has 1 N–H and O–H groups in total. The van der Waals surface area contributed by atoms with Crippen molar-refractivity contribution in [3.63, 3.8) is 0 Å². The van der Waals surface area contributed by atoms with Crippen LogP contribution in [-0.4, -0.2) is 15.3 Å². The van der Waals surface area contributed by atoms with Crippen molar-refractivity contribution in [1.82, 2.24) is 14.7 Å². The van der Waals surface area contributed by atoms with E-state index in [-0.39, 0.29) is 17.9 Å². The average molecular weight is 530 g/mol. The minimum atomic E-state index is -0.114. The lowest BCUT2D eigenvalue weighted by molar-refractivity contribution is -0.124. The third-order valence-corrected chi connectivity index (χ3v) is 8.80. The Hall–Kier alpha value is -3.92. The van der Waals surface area contributed by atoms with Gasteiger partial charge in [-0.05, 0) is 67.9 Å². The van der Waals surface area contributed by atoms with E-state index in [2.05, 4.69) is 97.2 Å². The molecule has 0 unspecified atom stereocenters. The molecule has 1 fully saturated rings. The molecule has 0 aliphatic heterocycles. The van der Waals surface area contributed by atoms with E-state index < -0.39 is 0 Å². The van der Waals surface area contributed by atoms with Gasteiger partial charge in [-0.25, -0.2) is 4.98 Å². The molecular weight excluding hydrogens is 490 g/mol. The van der Waals surface area contributed by atoms with Crippen molar-refractivity contribution in [2.24, 2.45) is 5.92 Å². The first-order valence-corrected chi connectivity index (χ1v) is 14.8. The number of aromatic nitrogens is 2. The third kappa shape index (κ3) is 5.03. The summed E-state index contributed by atoms with van der Waals surface area (Å²) in [5.41, 5.74) is 9.28. The van der Waals surface area contributed by atoms with Gasteiger partial charge in [0.1, 0.15) is 5.65 Å². The SMILES string of the molecule is CC[C@H](NC(=O)[C@H](c1ccc(Cc2c3ccccc3n3c(C)cc(C)nc23)cc1)C1CCCC1)c1ccccc1. The fourth-order valence-corrected chi connectivity index (χ4v) is 6.85. The topological polar surface area (TPSA) is 46.4 Å². The number of hydrogen-bond donors (Lipinski definition) is 1. The van der Waals surface area contributed by atoms with E-state index in [9.17, 15) is 4.79 Å². The first-order valence-electron chi connectivity index (χ1n) is 14.8. The Labute approximate surface area is 237 Å². The van der Waals surface area contributed by atoms with Crippen molar-refractivity contribution in [3.05, 3.63) is 119 Å². The zero-order valence-corrected chi connectivity index (χ0v) is 23.9. The van der Waals surface area contributed by atoms with E-state index in [1.165, 1.54) is 46.1 Å². The maximum absolute atomic E-state index is 13.8. The van der Waals surface area contributed by atoms with Gasteiger partial charge in [0.25, 0.3) is 0 Å². The van der Waals surface area contributed by atoms with Gasteiger partial charge < -0.3 is 5.32 Å². The van der Waals surface area contributed by atoms with E-state index >= 15 is 0 Å². The summed E-state index contributed by atoms with van der Waals surface area (Å²) in [6.07, 6.45) is 6.34. The molecule has 1 amide bonds. The number of carbonyl (C=O) groups is 1. The molecule has 4 heteroatoms. The highest BCUT2D eigenvalue weighted by Crippen LogP contribution is 2.38. The van der Waals surface area contributed by atoms with Crippen LogP contribution in [-0.2, 0) is 11.2 Å². The molecule has 1 saturated carbocycles. The van der Waals surface area contributed by atoms with Gasteiger partial charge in [-0.2, -0.15) is 0 Å². The summed E-state index contributed by atoms with van der Waals surface area (Å²) in [7, 11) is 0. The first kappa shape index (κ1) is 26.3. The normalized spacial score (nSPS) is 15.5. The number of aryl methyl sites for hydroxylation is 2. The van der Waals surface area contributed by atoms with Crippen LogP contribution in [0.2, 0.25) is 0 Å². The summed E-state index contributed by atoms with van der Waals surface area (Å²) in [6.45, 7) is 6.37. The molecular formula is C36H39N3O. The molecule has 6 rings (SSSR count). The van der Waals surface area contributed by atoms with Crippen molar-refractivity contribution in [2.45, 2.75) is 71.3 Å². The van der Waals surface area contributed by atoms with Crippen LogP contribution in [0.3, 0.4) is 0 Å². The zero-order chi connectivity index (χ0) is 27.6. The van der Waals surface area contributed by atoms with E-state index in [1.54, 1.807) is 0 Å². The van der Waals surface area contributed by atoms with Gasteiger partial charge >= 0.3 is 0 Å². The van der Waals surface area contributed by atoms with Crippen LogP contribution >= 0.6 is 0 Å². The van der Waals surface area contributed by atoms with Crippen LogP contribution in [0.1, 0.15) is 84.6 Å². The van der Waals surface area contributed by atoms with Crippen molar-refractivity contribution in [2.75, 3.05) is 0 Å². The Balaban J connectivity index is 1.30. The third-order valence-electron chi connectivity index (χ3n) is 8.80. The van der Waals surface area contributed by atoms with Gasteiger partial charge in [-0.1, -0.05) is 92.6 Å². The maximum Gasteiger partial charge on any atom is 0.228 e. The number of carbonyl (C=O) groups excluding carboxylic acids is 1. The molecule has 2 heterocycles. The predicted octanol–water partition coefficient (Wildman–Crippen LogP) is 8.24. The highest BCUT2D eigenvalue weighted by Gasteiger charge is 2.33. The number of para-hydroxylation sites is 1. The highest BCUT2D eigenvalue weighted by molar-refractivity contribution is 5.91. The van der Waals surface area contributed by atoms with Gasteiger partial charge in [0, 0.05) is 28.8 Å². The van der Waals surface area contributed by atoms with Crippen LogP contribution < -0.4 is 5.32 Å². The summed E-state index contributed by atoms with van der Waals surface area (Å²) >= 11 is 0. The summed E-state index contributed by atoms with van der Waals surface area (Å²) in [5.74, 6) is 0.445. The number of fused-ring (bicyclic) bond motifs is 3. The van der Waals surface area contributed by atoms with Gasteiger partial charge in [0.15, 0.2) is 0 Å². The Morgan fingerprint density at radius 2 is 1.62 bits per heavy atom. The Morgan fingerprint density at radius 1 is 0.925 bits per heavy atom. The smallest absolute Gasteiger partial charge is 0.228 e. The van der Waals surface area contributed by atoms with Gasteiger partial charge in [0.2, 0.25) is 5.91 Å². The van der Waals surface area contributed by atoms with Crippen molar-refractivity contribution < 1.29 is 4.79 Å². The summed E-state index contributed by atoms with van der Waals surface area (Å²) < 4.78 is 2.28. The Bertz CT molecular complexity index is 1630. The molecule has 2 aromatic heterocycles. The van der Waals surface area contributed by atoms with E-state index in [0.29, 0.717) is 5.92 Å². The molecule has 0 spiro atoms.